The van der Waals surface area contributed by atoms with Gasteiger partial charge in [-0.15, -0.1) is 0 Å². The van der Waals surface area contributed by atoms with E-state index in [-0.39, 0.29) is 36.6 Å². The van der Waals surface area contributed by atoms with Crippen LogP contribution >= 0.6 is 0 Å². The van der Waals surface area contributed by atoms with Gasteiger partial charge in [0.05, 0.1) is 17.6 Å². The Labute approximate surface area is 216 Å². The Morgan fingerprint density at radius 3 is 2.16 bits per heavy atom. The van der Waals surface area contributed by atoms with Gasteiger partial charge in [0.25, 0.3) is 11.8 Å². The van der Waals surface area contributed by atoms with Crippen LogP contribution in [-0.4, -0.2) is 55.2 Å². The number of carboxylic acid groups (broad SMARTS) is 1. The number of hydrogen-bond acceptors (Lipinski definition) is 5. The minimum absolute atomic E-state index is 0.110. The summed E-state index contributed by atoms with van der Waals surface area (Å²) >= 11 is 0. The van der Waals surface area contributed by atoms with E-state index < -0.39 is 17.7 Å². The van der Waals surface area contributed by atoms with E-state index in [1.54, 1.807) is 12.1 Å². The quantitative estimate of drug-likeness (QED) is 0.440. The maximum atomic E-state index is 14.6. The highest BCUT2D eigenvalue weighted by molar-refractivity contribution is 5.95. The third-order valence-electron chi connectivity index (χ3n) is 7.06. The van der Waals surface area contributed by atoms with Crippen LogP contribution in [0.15, 0.2) is 42.5 Å². The zero-order valence-electron chi connectivity index (χ0n) is 20.9. The second-order valence-corrected chi connectivity index (χ2v) is 9.68. The molecular formula is C28H34FN3O5. The predicted molar refractivity (Wildman–Crippen MR) is 138 cm³/mol. The normalized spacial score (nSPS) is 19.6. The second kappa shape index (κ2) is 12.6. The fourth-order valence-electron chi connectivity index (χ4n) is 4.90. The Balaban J connectivity index is 1.19. The number of nitrogens with one attached hydrogen (secondary N) is 2. The Kier molecular flexibility index (Phi) is 8.98. The van der Waals surface area contributed by atoms with Crippen molar-refractivity contribution in [2.45, 2.75) is 51.0 Å². The molecule has 0 aromatic heterocycles. The fraction of sp³-hybridized carbons (Fsp3) is 0.464. The molecule has 0 bridgehead atoms. The van der Waals surface area contributed by atoms with Gasteiger partial charge >= 0.3 is 5.97 Å². The number of halogens is 1. The Morgan fingerprint density at radius 2 is 1.54 bits per heavy atom. The van der Waals surface area contributed by atoms with Crippen molar-refractivity contribution >= 4 is 23.5 Å². The molecule has 4 rings (SSSR count). The van der Waals surface area contributed by atoms with Crippen LogP contribution in [0.3, 0.4) is 0 Å². The van der Waals surface area contributed by atoms with Crippen LogP contribution in [0, 0.1) is 11.7 Å². The molecule has 1 saturated heterocycles. The van der Waals surface area contributed by atoms with Gasteiger partial charge in [-0.3, -0.25) is 14.4 Å². The van der Waals surface area contributed by atoms with Gasteiger partial charge in [-0.25, -0.2) is 4.39 Å². The number of carboxylic acids is 1. The SMILES string of the molecule is O=C(NCCNC(=O)c1ccc(O[C@H]2CC[C@@H](C(=O)O)CC2)cc1F)c1ccc(N2CCCCC2)cc1. The summed E-state index contributed by atoms with van der Waals surface area (Å²) in [5.41, 5.74) is 1.55. The molecule has 198 valence electrons. The zero-order chi connectivity index (χ0) is 26.2. The summed E-state index contributed by atoms with van der Waals surface area (Å²) in [6.07, 6.45) is 5.72. The average molecular weight is 512 g/mol. The number of hydrogen-bond donors (Lipinski definition) is 3. The number of carbonyl (C=O) groups excluding carboxylic acids is 2. The summed E-state index contributed by atoms with van der Waals surface area (Å²) in [6.45, 7) is 2.44. The van der Waals surface area contributed by atoms with Gasteiger partial charge in [0.1, 0.15) is 11.6 Å². The average Bonchev–Trinajstić information content (AvgIpc) is 2.92. The van der Waals surface area contributed by atoms with Crippen molar-refractivity contribution in [2.75, 3.05) is 31.1 Å². The highest BCUT2D eigenvalue weighted by Gasteiger charge is 2.27. The summed E-state index contributed by atoms with van der Waals surface area (Å²) < 4.78 is 20.3. The largest absolute Gasteiger partial charge is 0.490 e. The molecule has 1 saturated carbocycles. The lowest BCUT2D eigenvalue weighted by atomic mass is 9.87. The first kappa shape index (κ1) is 26.4. The molecule has 1 aliphatic heterocycles. The molecule has 2 amide bonds. The van der Waals surface area contributed by atoms with Crippen molar-refractivity contribution in [1.82, 2.24) is 10.6 Å². The first-order valence-corrected chi connectivity index (χ1v) is 13.0. The summed E-state index contributed by atoms with van der Waals surface area (Å²) in [4.78, 5) is 38.2. The summed E-state index contributed by atoms with van der Waals surface area (Å²) in [7, 11) is 0. The smallest absolute Gasteiger partial charge is 0.306 e. The van der Waals surface area contributed by atoms with E-state index in [4.69, 9.17) is 9.84 Å². The van der Waals surface area contributed by atoms with E-state index in [1.807, 2.05) is 12.1 Å². The predicted octanol–water partition coefficient (Wildman–Crippen LogP) is 4.00. The number of benzene rings is 2. The van der Waals surface area contributed by atoms with Crippen molar-refractivity contribution in [2.24, 2.45) is 5.92 Å². The van der Waals surface area contributed by atoms with Crippen LogP contribution in [0.1, 0.15) is 65.7 Å². The van der Waals surface area contributed by atoms with Crippen molar-refractivity contribution in [3.8, 4) is 5.75 Å². The van der Waals surface area contributed by atoms with E-state index in [0.29, 0.717) is 37.0 Å². The van der Waals surface area contributed by atoms with Crippen LogP contribution in [0.25, 0.3) is 0 Å². The number of rotatable bonds is 9. The molecule has 0 atom stereocenters. The van der Waals surface area contributed by atoms with E-state index in [9.17, 15) is 18.8 Å². The molecule has 2 aliphatic rings. The first-order valence-electron chi connectivity index (χ1n) is 13.0. The second-order valence-electron chi connectivity index (χ2n) is 9.68. The van der Waals surface area contributed by atoms with Crippen LogP contribution in [0.2, 0.25) is 0 Å². The van der Waals surface area contributed by atoms with Gasteiger partial charge in [0.15, 0.2) is 0 Å². The van der Waals surface area contributed by atoms with E-state index in [2.05, 4.69) is 15.5 Å². The van der Waals surface area contributed by atoms with Gasteiger partial charge in [-0.05, 0) is 81.3 Å². The minimum atomic E-state index is -0.790. The number of piperidine rings is 1. The Bertz CT molecular complexity index is 1090. The zero-order valence-corrected chi connectivity index (χ0v) is 20.9. The lowest BCUT2D eigenvalue weighted by molar-refractivity contribution is -0.143. The monoisotopic (exact) mass is 511 g/mol. The summed E-state index contributed by atoms with van der Waals surface area (Å²) in [5, 5.41) is 14.5. The van der Waals surface area contributed by atoms with E-state index in [1.165, 1.54) is 37.5 Å². The maximum Gasteiger partial charge on any atom is 0.306 e. The lowest BCUT2D eigenvalue weighted by Gasteiger charge is -2.28. The van der Waals surface area contributed by atoms with Crippen LogP contribution in [0.5, 0.6) is 5.75 Å². The summed E-state index contributed by atoms with van der Waals surface area (Å²) in [5.74, 6) is -2.34. The van der Waals surface area contributed by atoms with Gasteiger partial charge in [0, 0.05) is 43.5 Å². The Hall–Kier alpha value is -3.62. The molecule has 2 aromatic carbocycles. The first-order chi connectivity index (χ1) is 17.9. The highest BCUT2D eigenvalue weighted by Crippen LogP contribution is 2.28. The van der Waals surface area contributed by atoms with E-state index in [0.717, 1.165) is 18.8 Å². The van der Waals surface area contributed by atoms with Gasteiger partial charge < -0.3 is 25.4 Å². The number of ether oxygens (including phenoxy) is 1. The number of carbonyl (C=O) groups is 3. The van der Waals surface area contributed by atoms with Crippen molar-refractivity contribution in [1.29, 1.82) is 0 Å². The van der Waals surface area contributed by atoms with Crippen LogP contribution in [0.4, 0.5) is 10.1 Å². The number of aliphatic carboxylic acids is 1. The summed E-state index contributed by atoms with van der Waals surface area (Å²) in [6, 6.07) is 11.6. The molecule has 0 spiro atoms. The van der Waals surface area contributed by atoms with E-state index >= 15 is 0 Å². The number of amides is 2. The third kappa shape index (κ3) is 7.21. The topological polar surface area (TPSA) is 108 Å². The minimum Gasteiger partial charge on any atom is -0.490 e. The molecule has 8 nitrogen and oxygen atoms in total. The van der Waals surface area contributed by atoms with Crippen molar-refractivity contribution in [3.05, 3.63) is 59.4 Å². The molecular weight excluding hydrogens is 477 g/mol. The molecule has 3 N–H and O–H groups in total. The molecule has 0 unspecified atom stereocenters. The Morgan fingerprint density at radius 1 is 0.892 bits per heavy atom. The van der Waals surface area contributed by atoms with Crippen LogP contribution < -0.4 is 20.3 Å². The molecule has 0 radical (unpaired) electrons. The number of nitrogens with zero attached hydrogens (tertiary/aromatic N) is 1. The third-order valence-corrected chi connectivity index (χ3v) is 7.06. The molecule has 9 heteroatoms. The number of anilines is 1. The van der Waals surface area contributed by atoms with Gasteiger partial charge in [-0.2, -0.15) is 0 Å². The maximum absolute atomic E-state index is 14.6. The van der Waals surface area contributed by atoms with Crippen molar-refractivity contribution in [3.63, 3.8) is 0 Å². The standard InChI is InChI=1S/C28H34FN3O5/c29-25-18-23(37-22-10-6-20(7-11-22)28(35)36)12-13-24(25)27(34)31-15-14-30-26(33)19-4-8-21(9-5-19)32-16-2-1-3-17-32/h4-5,8-9,12-13,18,20,22H,1-3,6-7,10-11,14-17H2,(H,30,33)(H,31,34)(H,35,36)/t20-,22+. The van der Waals surface area contributed by atoms with Gasteiger partial charge in [0.2, 0.25) is 0 Å². The molecule has 1 heterocycles. The highest BCUT2D eigenvalue weighted by atomic mass is 19.1. The molecule has 2 aromatic rings. The fourth-order valence-corrected chi connectivity index (χ4v) is 4.90. The van der Waals surface area contributed by atoms with Crippen molar-refractivity contribution < 1.29 is 28.6 Å². The van der Waals surface area contributed by atoms with Crippen LogP contribution in [-0.2, 0) is 4.79 Å². The lowest BCUT2D eigenvalue weighted by Crippen LogP contribution is -2.35. The molecule has 37 heavy (non-hydrogen) atoms. The molecule has 1 aliphatic carbocycles. The molecule has 2 fully saturated rings. The van der Waals surface area contributed by atoms with Gasteiger partial charge in [-0.1, -0.05) is 0 Å².